The molecule has 6 heterocycles. The van der Waals surface area contributed by atoms with Gasteiger partial charge < -0.3 is 58.7 Å². The number of carbonyl (C=O) groups is 1. The molecule has 21 atom stereocenters. The first kappa shape index (κ1) is 43.6. The molecule has 6 aliphatic heterocycles. The predicted octanol–water partition coefficient (Wildman–Crippen LogP) is 4.78. The molecule has 318 valence electrons. The van der Waals surface area contributed by atoms with E-state index in [1.807, 2.05) is 41.5 Å². The SMILES string of the molecule is CCC(O)C1(C)CC(C)C(O)(C2CC(C)C(C3(C)CCC(C4(C)CC(C)C5(OC(C(C)C6OC(O)(CC(=O)O)C(C)C(OC)C6C)CC(O)C5C)O4)O3)O2)O1. The minimum absolute atomic E-state index is 0.0800. The van der Waals surface area contributed by atoms with Gasteiger partial charge in [0.05, 0.1) is 66.0 Å². The van der Waals surface area contributed by atoms with Crippen molar-refractivity contribution in [2.75, 3.05) is 7.11 Å². The van der Waals surface area contributed by atoms with Gasteiger partial charge in [-0.15, -0.1) is 0 Å². The van der Waals surface area contributed by atoms with Crippen LogP contribution in [-0.2, 0) is 38.0 Å². The minimum atomic E-state index is -1.93. The Bertz CT molecular complexity index is 1400. The van der Waals surface area contributed by atoms with Gasteiger partial charge in [0.2, 0.25) is 0 Å². The van der Waals surface area contributed by atoms with E-state index < -0.39 is 89.1 Å². The van der Waals surface area contributed by atoms with Gasteiger partial charge >= 0.3 is 5.97 Å². The standard InChI is InChI=1S/C42H72O13/c1-13-30(44)38(10)18-22(3)41(48,54-38)32-16-21(2)36(50-32)37(9)15-14-31(52-37)39(11)19-23(4)42(55-39)26(7)28(43)17-29(51-42)24(5)34-25(6)35(49-12)27(8)40(47,53-34)20-33(45)46/h21-32,34-36,43-44,47-48H,13-20H2,1-12H3,(H,45,46). The van der Waals surface area contributed by atoms with Crippen LogP contribution in [0.2, 0.25) is 0 Å². The molecule has 6 rings (SSSR count). The monoisotopic (exact) mass is 784 g/mol. The number of hydrogen-bond donors (Lipinski definition) is 5. The van der Waals surface area contributed by atoms with Crippen molar-refractivity contribution >= 4 is 5.97 Å². The highest BCUT2D eigenvalue weighted by molar-refractivity contribution is 5.68. The van der Waals surface area contributed by atoms with Crippen LogP contribution in [0.25, 0.3) is 0 Å². The predicted molar refractivity (Wildman–Crippen MR) is 200 cm³/mol. The van der Waals surface area contributed by atoms with Crippen LogP contribution in [0.3, 0.4) is 0 Å². The number of hydrogen-bond acceptors (Lipinski definition) is 12. The molecule has 0 aromatic carbocycles. The van der Waals surface area contributed by atoms with Gasteiger partial charge in [-0.2, -0.15) is 0 Å². The lowest BCUT2D eigenvalue weighted by atomic mass is 9.72. The molecule has 0 aromatic rings. The molecule has 5 N–H and O–H groups in total. The second-order valence-corrected chi connectivity index (χ2v) is 19.6. The lowest BCUT2D eigenvalue weighted by Gasteiger charge is -2.54. The van der Waals surface area contributed by atoms with Crippen LogP contribution in [0.15, 0.2) is 0 Å². The van der Waals surface area contributed by atoms with Gasteiger partial charge in [0.15, 0.2) is 17.4 Å². The quantitative estimate of drug-likeness (QED) is 0.204. The van der Waals surface area contributed by atoms with E-state index in [1.54, 1.807) is 14.0 Å². The molecule has 0 aromatic heterocycles. The third-order valence-corrected chi connectivity index (χ3v) is 15.6. The van der Waals surface area contributed by atoms with E-state index in [0.717, 1.165) is 12.8 Å². The Kier molecular flexibility index (Phi) is 11.8. The Balaban J connectivity index is 1.17. The third-order valence-electron chi connectivity index (χ3n) is 15.6. The van der Waals surface area contributed by atoms with Crippen molar-refractivity contribution in [3.05, 3.63) is 0 Å². The van der Waals surface area contributed by atoms with Crippen LogP contribution in [0.1, 0.15) is 128 Å². The molecule has 0 amide bonds. The summed E-state index contributed by atoms with van der Waals surface area (Å²) < 4.78 is 46.4. The number of aliphatic hydroxyl groups excluding tert-OH is 2. The van der Waals surface area contributed by atoms with Crippen LogP contribution < -0.4 is 0 Å². The van der Waals surface area contributed by atoms with Crippen LogP contribution >= 0.6 is 0 Å². The van der Waals surface area contributed by atoms with E-state index in [1.165, 1.54) is 0 Å². The van der Waals surface area contributed by atoms with Crippen molar-refractivity contribution in [1.82, 2.24) is 0 Å². The number of rotatable bonds is 10. The molecule has 55 heavy (non-hydrogen) atoms. The topological polar surface area (TPSA) is 183 Å². The largest absolute Gasteiger partial charge is 0.481 e. The smallest absolute Gasteiger partial charge is 0.308 e. The average Bonchev–Trinajstić information content (AvgIpc) is 3.83. The van der Waals surface area contributed by atoms with Crippen molar-refractivity contribution in [1.29, 1.82) is 0 Å². The van der Waals surface area contributed by atoms with Crippen LogP contribution in [0, 0.1) is 41.4 Å². The highest BCUT2D eigenvalue weighted by atomic mass is 16.7. The van der Waals surface area contributed by atoms with E-state index in [9.17, 15) is 30.3 Å². The van der Waals surface area contributed by atoms with E-state index in [4.69, 9.17) is 33.2 Å². The highest BCUT2D eigenvalue weighted by Crippen LogP contribution is 2.58. The molecule has 0 aliphatic carbocycles. The fourth-order valence-corrected chi connectivity index (χ4v) is 12.2. The van der Waals surface area contributed by atoms with Crippen molar-refractivity contribution in [3.63, 3.8) is 0 Å². The molecular weight excluding hydrogens is 712 g/mol. The van der Waals surface area contributed by atoms with Crippen LogP contribution in [0.5, 0.6) is 0 Å². The Morgan fingerprint density at radius 3 is 2.18 bits per heavy atom. The van der Waals surface area contributed by atoms with Crippen molar-refractivity contribution in [2.45, 2.75) is 211 Å². The minimum Gasteiger partial charge on any atom is -0.481 e. The molecule has 13 nitrogen and oxygen atoms in total. The zero-order valence-electron chi connectivity index (χ0n) is 35.3. The number of aliphatic hydroxyl groups is 4. The van der Waals surface area contributed by atoms with Gasteiger partial charge in [-0.25, -0.2) is 0 Å². The highest BCUT2D eigenvalue weighted by Gasteiger charge is 2.67. The van der Waals surface area contributed by atoms with Crippen LogP contribution in [0.4, 0.5) is 0 Å². The first-order valence-corrected chi connectivity index (χ1v) is 21.1. The van der Waals surface area contributed by atoms with Crippen molar-refractivity contribution < 1.29 is 63.5 Å². The summed E-state index contributed by atoms with van der Waals surface area (Å²) in [5.74, 6) is -7.51. The van der Waals surface area contributed by atoms with E-state index in [2.05, 4.69) is 27.7 Å². The molecule has 6 fully saturated rings. The summed E-state index contributed by atoms with van der Waals surface area (Å²) in [5.41, 5.74) is -2.25. The number of carboxylic acids is 1. The summed E-state index contributed by atoms with van der Waals surface area (Å²) in [6, 6.07) is 0. The van der Waals surface area contributed by atoms with Crippen molar-refractivity contribution in [3.8, 4) is 0 Å². The number of carboxylic acid groups (broad SMARTS) is 1. The van der Waals surface area contributed by atoms with Gasteiger partial charge in [-0.3, -0.25) is 4.79 Å². The summed E-state index contributed by atoms with van der Waals surface area (Å²) in [4.78, 5) is 11.8. The Morgan fingerprint density at radius 1 is 0.891 bits per heavy atom. The summed E-state index contributed by atoms with van der Waals surface area (Å²) in [5, 5.41) is 55.5. The maximum absolute atomic E-state index is 11.9. The zero-order valence-corrected chi connectivity index (χ0v) is 35.3. The summed E-state index contributed by atoms with van der Waals surface area (Å²) in [6.45, 7) is 21.8. The first-order chi connectivity index (χ1) is 25.4. The van der Waals surface area contributed by atoms with Gasteiger partial charge in [-0.05, 0) is 65.2 Å². The summed E-state index contributed by atoms with van der Waals surface area (Å²) in [6.07, 6.45) is -0.676. The molecular formula is C42H72O13. The summed E-state index contributed by atoms with van der Waals surface area (Å²) >= 11 is 0. The van der Waals surface area contributed by atoms with E-state index >= 15 is 0 Å². The molecule has 1 spiro atoms. The normalized spacial score (nSPS) is 55.6. The number of methoxy groups -OCH3 is 1. The van der Waals surface area contributed by atoms with Gasteiger partial charge in [0.25, 0.3) is 0 Å². The molecule has 0 saturated carbocycles. The molecule has 0 bridgehead atoms. The molecule has 21 unspecified atom stereocenters. The molecule has 6 aliphatic rings. The molecule has 0 radical (unpaired) electrons. The number of ether oxygens (including phenoxy) is 7. The lowest BCUT2D eigenvalue weighted by Crippen LogP contribution is -2.63. The van der Waals surface area contributed by atoms with Gasteiger partial charge in [0.1, 0.15) is 6.10 Å². The van der Waals surface area contributed by atoms with E-state index in [-0.39, 0.29) is 47.7 Å². The second-order valence-electron chi connectivity index (χ2n) is 19.6. The van der Waals surface area contributed by atoms with Gasteiger partial charge in [0, 0.05) is 49.0 Å². The number of aliphatic carboxylic acids is 1. The fourth-order valence-electron chi connectivity index (χ4n) is 12.2. The maximum atomic E-state index is 11.9. The van der Waals surface area contributed by atoms with Gasteiger partial charge in [-0.1, -0.05) is 55.4 Å². The van der Waals surface area contributed by atoms with Crippen LogP contribution in [-0.4, -0.2) is 122 Å². The summed E-state index contributed by atoms with van der Waals surface area (Å²) in [7, 11) is 1.56. The maximum Gasteiger partial charge on any atom is 0.308 e. The van der Waals surface area contributed by atoms with Crippen molar-refractivity contribution in [2.24, 2.45) is 41.4 Å². The average molecular weight is 785 g/mol. The molecule has 13 heteroatoms. The first-order valence-electron chi connectivity index (χ1n) is 21.1. The Hall–Kier alpha value is -0.970. The molecule has 6 saturated heterocycles. The zero-order chi connectivity index (χ0) is 40.8. The van der Waals surface area contributed by atoms with E-state index in [0.29, 0.717) is 32.1 Å². The lowest BCUT2D eigenvalue weighted by molar-refractivity contribution is -0.369. The second kappa shape index (κ2) is 14.9. The fraction of sp³-hybridized carbons (Fsp3) is 0.976. The Morgan fingerprint density at radius 2 is 1.56 bits per heavy atom. The third kappa shape index (κ3) is 7.14. The Labute approximate surface area is 328 Å².